The Morgan fingerprint density at radius 3 is 2.36 bits per heavy atom. The average molecular weight is 318 g/mol. The van der Waals surface area contributed by atoms with Gasteiger partial charge in [-0.05, 0) is 30.6 Å². The molecule has 1 saturated carbocycles. The summed E-state index contributed by atoms with van der Waals surface area (Å²) in [6.07, 6.45) is -2.90. The fraction of sp³-hybridized carbons (Fsp3) is 1.00. The van der Waals surface area contributed by atoms with Crippen molar-refractivity contribution >= 4 is 0 Å². The number of rotatable bonds is 4. The lowest BCUT2D eigenvalue weighted by molar-refractivity contribution is -0.318. The minimum Gasteiger partial charge on any atom is -0.394 e. The van der Waals surface area contributed by atoms with Crippen LogP contribution in [0.1, 0.15) is 40.0 Å². The first-order chi connectivity index (χ1) is 10.3. The zero-order chi connectivity index (χ0) is 16.4. The average Bonchev–Trinajstić information content (AvgIpc) is 2.47. The van der Waals surface area contributed by atoms with E-state index in [0.29, 0.717) is 17.8 Å². The third-order valence-corrected chi connectivity index (χ3v) is 5.12. The lowest BCUT2D eigenvalue weighted by atomic mass is 9.75. The van der Waals surface area contributed by atoms with Crippen molar-refractivity contribution < 1.29 is 29.9 Å². The van der Waals surface area contributed by atoms with Gasteiger partial charge in [0.15, 0.2) is 6.29 Å². The van der Waals surface area contributed by atoms with E-state index in [1.165, 1.54) is 0 Å². The molecule has 0 spiro atoms. The molecule has 0 aromatic carbocycles. The molecular formula is C16H30O6. The van der Waals surface area contributed by atoms with Crippen molar-refractivity contribution in [1.82, 2.24) is 0 Å². The first-order valence-corrected chi connectivity index (χ1v) is 8.31. The van der Waals surface area contributed by atoms with Gasteiger partial charge in [0.1, 0.15) is 24.4 Å². The molecule has 0 radical (unpaired) electrons. The SMILES string of the molecule is CC(C)[C@H]1CC[C@@H](C)C[C@@H]1O[C@@H]1O[C@H](CO)[C@@H](O)[C@H](O)[C@H]1O. The second-order valence-electron chi connectivity index (χ2n) is 7.20. The number of hydrogen-bond donors (Lipinski definition) is 4. The fourth-order valence-corrected chi connectivity index (χ4v) is 3.62. The van der Waals surface area contributed by atoms with E-state index in [4.69, 9.17) is 9.47 Å². The van der Waals surface area contributed by atoms with Crippen molar-refractivity contribution in [2.75, 3.05) is 6.61 Å². The summed E-state index contributed by atoms with van der Waals surface area (Å²) in [7, 11) is 0. The molecule has 0 unspecified atom stereocenters. The molecule has 1 aliphatic carbocycles. The standard InChI is InChI=1S/C16H30O6/c1-8(2)10-5-4-9(3)6-11(10)21-16-15(20)14(19)13(18)12(7-17)22-16/h8-20H,4-7H2,1-3H3/t9-,10-,11+,12-,13-,14+,15-,16-/m1/s1. The second kappa shape index (κ2) is 7.55. The van der Waals surface area contributed by atoms with Gasteiger partial charge < -0.3 is 29.9 Å². The van der Waals surface area contributed by atoms with Crippen LogP contribution in [0, 0.1) is 17.8 Å². The highest BCUT2D eigenvalue weighted by Crippen LogP contribution is 2.37. The van der Waals surface area contributed by atoms with E-state index in [9.17, 15) is 20.4 Å². The molecule has 6 nitrogen and oxygen atoms in total. The monoisotopic (exact) mass is 318 g/mol. The van der Waals surface area contributed by atoms with E-state index in [1.54, 1.807) is 0 Å². The maximum Gasteiger partial charge on any atom is 0.186 e. The highest BCUT2D eigenvalue weighted by atomic mass is 16.7. The van der Waals surface area contributed by atoms with Gasteiger partial charge >= 0.3 is 0 Å². The van der Waals surface area contributed by atoms with Gasteiger partial charge in [-0.1, -0.05) is 27.2 Å². The number of hydrogen-bond acceptors (Lipinski definition) is 6. The van der Waals surface area contributed by atoms with Gasteiger partial charge in [0.05, 0.1) is 12.7 Å². The highest BCUT2D eigenvalue weighted by molar-refractivity contribution is 4.90. The van der Waals surface area contributed by atoms with Crippen LogP contribution in [0.15, 0.2) is 0 Å². The van der Waals surface area contributed by atoms with Gasteiger partial charge in [-0.25, -0.2) is 0 Å². The molecule has 2 aliphatic rings. The molecule has 1 saturated heterocycles. The van der Waals surface area contributed by atoms with Crippen LogP contribution in [0.2, 0.25) is 0 Å². The van der Waals surface area contributed by atoms with Crippen molar-refractivity contribution in [3.8, 4) is 0 Å². The van der Waals surface area contributed by atoms with E-state index in [0.717, 1.165) is 19.3 Å². The van der Waals surface area contributed by atoms with Gasteiger partial charge in [-0.15, -0.1) is 0 Å². The topological polar surface area (TPSA) is 99.4 Å². The molecule has 22 heavy (non-hydrogen) atoms. The smallest absolute Gasteiger partial charge is 0.186 e. The van der Waals surface area contributed by atoms with E-state index < -0.39 is 37.3 Å². The Balaban J connectivity index is 2.06. The van der Waals surface area contributed by atoms with Gasteiger partial charge in [-0.3, -0.25) is 0 Å². The minimum absolute atomic E-state index is 0.0508. The van der Waals surface area contributed by atoms with E-state index in [2.05, 4.69) is 20.8 Å². The molecule has 1 heterocycles. The molecule has 8 atom stereocenters. The van der Waals surface area contributed by atoms with E-state index in [1.807, 2.05) is 0 Å². The number of aliphatic hydroxyl groups is 4. The van der Waals surface area contributed by atoms with Crippen LogP contribution in [-0.2, 0) is 9.47 Å². The van der Waals surface area contributed by atoms with Crippen LogP contribution in [0.3, 0.4) is 0 Å². The zero-order valence-corrected chi connectivity index (χ0v) is 13.6. The Morgan fingerprint density at radius 2 is 1.77 bits per heavy atom. The third kappa shape index (κ3) is 3.80. The van der Waals surface area contributed by atoms with E-state index in [-0.39, 0.29) is 6.10 Å². The van der Waals surface area contributed by atoms with Gasteiger partial charge in [0.2, 0.25) is 0 Å². The molecule has 6 heteroatoms. The van der Waals surface area contributed by atoms with E-state index >= 15 is 0 Å². The Labute approximate surface area is 132 Å². The summed E-state index contributed by atoms with van der Waals surface area (Å²) in [6.45, 7) is 6.06. The summed E-state index contributed by atoms with van der Waals surface area (Å²) in [5.74, 6) is 1.39. The Bertz CT molecular complexity index is 348. The third-order valence-electron chi connectivity index (χ3n) is 5.12. The van der Waals surface area contributed by atoms with Gasteiger partial charge in [0, 0.05) is 0 Å². The van der Waals surface area contributed by atoms with Gasteiger partial charge in [-0.2, -0.15) is 0 Å². The number of ether oxygens (including phenoxy) is 2. The van der Waals surface area contributed by atoms with Crippen LogP contribution in [0.25, 0.3) is 0 Å². The minimum atomic E-state index is -1.38. The lowest BCUT2D eigenvalue weighted by Crippen LogP contribution is -2.60. The molecular weight excluding hydrogens is 288 g/mol. The predicted molar refractivity (Wildman–Crippen MR) is 80.0 cm³/mol. The normalized spacial score (nSPS) is 46.9. The van der Waals surface area contributed by atoms with Gasteiger partial charge in [0.25, 0.3) is 0 Å². The molecule has 0 amide bonds. The number of aliphatic hydroxyl groups excluding tert-OH is 4. The molecule has 130 valence electrons. The summed E-state index contributed by atoms with van der Waals surface area (Å²) >= 11 is 0. The largest absolute Gasteiger partial charge is 0.394 e. The Morgan fingerprint density at radius 1 is 1.09 bits per heavy atom. The molecule has 2 fully saturated rings. The van der Waals surface area contributed by atoms with Crippen LogP contribution < -0.4 is 0 Å². The maximum absolute atomic E-state index is 10.1. The first kappa shape index (κ1) is 18.1. The summed E-state index contributed by atoms with van der Waals surface area (Å²) in [5.41, 5.74) is 0. The molecule has 4 N–H and O–H groups in total. The molecule has 2 rings (SSSR count). The van der Waals surface area contributed by atoms with Crippen molar-refractivity contribution in [2.45, 2.75) is 76.8 Å². The van der Waals surface area contributed by atoms with Crippen molar-refractivity contribution in [2.24, 2.45) is 17.8 Å². The summed E-state index contributed by atoms with van der Waals surface area (Å²) in [6, 6.07) is 0. The molecule has 0 aromatic rings. The van der Waals surface area contributed by atoms with Crippen molar-refractivity contribution in [3.63, 3.8) is 0 Å². The Hall–Kier alpha value is -0.240. The van der Waals surface area contributed by atoms with Crippen LogP contribution in [0.4, 0.5) is 0 Å². The maximum atomic E-state index is 10.1. The summed E-state index contributed by atoms with van der Waals surface area (Å²) in [4.78, 5) is 0. The zero-order valence-electron chi connectivity index (χ0n) is 13.6. The summed E-state index contributed by atoms with van der Waals surface area (Å²) in [5, 5.41) is 39.0. The quantitative estimate of drug-likeness (QED) is 0.593. The van der Waals surface area contributed by atoms with Crippen molar-refractivity contribution in [1.29, 1.82) is 0 Å². The van der Waals surface area contributed by atoms with Crippen LogP contribution >= 0.6 is 0 Å². The Kier molecular flexibility index (Phi) is 6.22. The first-order valence-electron chi connectivity index (χ1n) is 8.31. The van der Waals surface area contributed by atoms with Crippen LogP contribution in [-0.4, -0.2) is 63.8 Å². The summed E-state index contributed by atoms with van der Waals surface area (Å²) < 4.78 is 11.4. The lowest BCUT2D eigenvalue weighted by Gasteiger charge is -2.44. The fourth-order valence-electron chi connectivity index (χ4n) is 3.62. The van der Waals surface area contributed by atoms with Crippen molar-refractivity contribution in [3.05, 3.63) is 0 Å². The predicted octanol–water partition coefficient (Wildman–Crippen LogP) is 0.264. The molecule has 1 aliphatic heterocycles. The molecule has 0 aromatic heterocycles. The second-order valence-corrected chi connectivity index (χ2v) is 7.20. The molecule has 0 bridgehead atoms. The van der Waals surface area contributed by atoms with Crippen LogP contribution in [0.5, 0.6) is 0 Å². The highest BCUT2D eigenvalue weighted by Gasteiger charge is 2.46.